The highest BCUT2D eigenvalue weighted by Crippen LogP contribution is 2.31. The third kappa shape index (κ3) is 1.01. The molecule has 2 saturated heterocycles. The number of aliphatic hydroxyl groups excluding tert-OH is 2. The number of carbonyl (C=O) groups excluding carboxylic acids is 1. The van der Waals surface area contributed by atoms with Crippen LogP contribution in [-0.4, -0.2) is 47.2 Å². The summed E-state index contributed by atoms with van der Waals surface area (Å²) in [5.41, 5.74) is 0. The summed E-state index contributed by atoms with van der Waals surface area (Å²) in [6, 6.07) is 0. The number of ether oxygens (including phenoxy) is 2. The maximum absolute atomic E-state index is 10.7. The molecule has 0 aromatic rings. The first-order chi connectivity index (χ1) is 5.72. The van der Waals surface area contributed by atoms with Gasteiger partial charge in [-0.25, -0.2) is 0 Å². The molecule has 0 amide bonds. The van der Waals surface area contributed by atoms with Gasteiger partial charge in [0.1, 0.15) is 18.3 Å². The molecule has 0 aromatic carbocycles. The Labute approximate surface area is 68.9 Å². The van der Waals surface area contributed by atoms with Gasteiger partial charge in [0.15, 0.2) is 6.10 Å². The van der Waals surface area contributed by atoms with Crippen molar-refractivity contribution in [1.29, 1.82) is 0 Å². The quantitative estimate of drug-likeness (QED) is 0.469. The molecule has 5 heteroatoms. The molecule has 68 valence electrons. The van der Waals surface area contributed by atoms with Crippen molar-refractivity contribution >= 4 is 5.97 Å². The molecule has 2 fully saturated rings. The molecule has 0 bridgehead atoms. The van der Waals surface area contributed by atoms with Gasteiger partial charge in [-0.05, 0) is 0 Å². The third-order valence-electron chi connectivity index (χ3n) is 2.25. The van der Waals surface area contributed by atoms with Crippen LogP contribution >= 0.6 is 0 Å². The molecule has 2 aliphatic rings. The van der Waals surface area contributed by atoms with Crippen LogP contribution in [0.5, 0.6) is 0 Å². The SMILES string of the molecule is O=C1C[C@H]2O[C@H](CO)[C@@H](O)[C@H]2O1. The fourth-order valence-corrected chi connectivity index (χ4v) is 1.64. The Morgan fingerprint density at radius 1 is 1.58 bits per heavy atom. The van der Waals surface area contributed by atoms with Crippen molar-refractivity contribution in [2.75, 3.05) is 6.61 Å². The molecule has 4 atom stereocenters. The standard InChI is InChI=1S/C7H10O5/c8-2-4-6(10)7-3(11-4)1-5(9)12-7/h3-4,6-8,10H,1-2H2/t3-,4-,6-,7+/m1/s1. The minimum atomic E-state index is -0.883. The van der Waals surface area contributed by atoms with Crippen LogP contribution in [0.1, 0.15) is 6.42 Å². The maximum atomic E-state index is 10.7. The summed E-state index contributed by atoms with van der Waals surface area (Å²) in [5, 5.41) is 18.1. The monoisotopic (exact) mass is 174 g/mol. The number of hydrogen-bond acceptors (Lipinski definition) is 5. The van der Waals surface area contributed by atoms with Gasteiger partial charge in [-0.15, -0.1) is 0 Å². The molecule has 12 heavy (non-hydrogen) atoms. The predicted molar refractivity (Wildman–Crippen MR) is 36.3 cm³/mol. The van der Waals surface area contributed by atoms with Crippen LogP contribution in [0.4, 0.5) is 0 Å². The Bertz CT molecular complexity index is 204. The predicted octanol–water partition coefficient (Wildman–Crippen LogP) is -1.58. The second-order valence-electron chi connectivity index (χ2n) is 3.04. The van der Waals surface area contributed by atoms with Gasteiger partial charge in [0.05, 0.1) is 13.0 Å². The molecule has 0 radical (unpaired) electrons. The first-order valence-corrected chi connectivity index (χ1v) is 3.86. The van der Waals surface area contributed by atoms with Crippen LogP contribution < -0.4 is 0 Å². The Kier molecular flexibility index (Phi) is 1.79. The van der Waals surface area contributed by atoms with E-state index in [9.17, 15) is 9.90 Å². The highest BCUT2D eigenvalue weighted by atomic mass is 16.6. The number of hydrogen-bond donors (Lipinski definition) is 2. The van der Waals surface area contributed by atoms with Crippen molar-refractivity contribution in [2.24, 2.45) is 0 Å². The molecule has 5 nitrogen and oxygen atoms in total. The van der Waals surface area contributed by atoms with Crippen molar-refractivity contribution < 1.29 is 24.5 Å². The van der Waals surface area contributed by atoms with Gasteiger partial charge in [0.25, 0.3) is 0 Å². The minimum absolute atomic E-state index is 0.179. The average molecular weight is 174 g/mol. The van der Waals surface area contributed by atoms with E-state index in [0.717, 1.165) is 0 Å². The summed E-state index contributed by atoms with van der Waals surface area (Å²) in [4.78, 5) is 10.7. The lowest BCUT2D eigenvalue weighted by Crippen LogP contribution is -2.33. The second-order valence-corrected chi connectivity index (χ2v) is 3.04. The van der Waals surface area contributed by atoms with Gasteiger partial charge in [-0.1, -0.05) is 0 Å². The second kappa shape index (κ2) is 2.69. The minimum Gasteiger partial charge on any atom is -0.457 e. The summed E-state index contributed by atoms with van der Waals surface area (Å²) in [6.07, 6.45) is -2.25. The molecule has 0 saturated carbocycles. The number of rotatable bonds is 1. The number of carbonyl (C=O) groups is 1. The normalized spacial score (nSPS) is 46.0. The molecular weight excluding hydrogens is 164 g/mol. The average Bonchev–Trinajstić information content (AvgIpc) is 2.51. The highest BCUT2D eigenvalue weighted by molar-refractivity contribution is 5.72. The summed E-state index contributed by atoms with van der Waals surface area (Å²) >= 11 is 0. The molecule has 0 unspecified atom stereocenters. The van der Waals surface area contributed by atoms with Crippen molar-refractivity contribution in [2.45, 2.75) is 30.8 Å². The maximum Gasteiger partial charge on any atom is 0.309 e. The van der Waals surface area contributed by atoms with Crippen LogP contribution in [0, 0.1) is 0 Å². The fourth-order valence-electron chi connectivity index (χ4n) is 1.64. The lowest BCUT2D eigenvalue weighted by molar-refractivity contribution is -0.146. The largest absolute Gasteiger partial charge is 0.457 e. The lowest BCUT2D eigenvalue weighted by atomic mass is 10.1. The molecule has 2 N–H and O–H groups in total. The molecule has 0 aromatic heterocycles. The van der Waals surface area contributed by atoms with Gasteiger partial charge >= 0.3 is 5.97 Å². The van der Waals surface area contributed by atoms with Gasteiger partial charge in [-0.3, -0.25) is 4.79 Å². The van der Waals surface area contributed by atoms with Crippen molar-refractivity contribution in [3.63, 3.8) is 0 Å². The fraction of sp³-hybridized carbons (Fsp3) is 0.857. The molecule has 0 spiro atoms. The first-order valence-electron chi connectivity index (χ1n) is 3.86. The van der Waals surface area contributed by atoms with Crippen molar-refractivity contribution in [1.82, 2.24) is 0 Å². The zero-order valence-electron chi connectivity index (χ0n) is 6.34. The summed E-state index contributed by atoms with van der Waals surface area (Å²) in [5.74, 6) is -0.347. The van der Waals surface area contributed by atoms with Crippen LogP contribution in [-0.2, 0) is 14.3 Å². The zero-order valence-corrected chi connectivity index (χ0v) is 6.34. The Balaban J connectivity index is 2.08. The van der Waals surface area contributed by atoms with Crippen molar-refractivity contribution in [3.8, 4) is 0 Å². The van der Waals surface area contributed by atoms with E-state index in [4.69, 9.17) is 14.6 Å². The van der Waals surface area contributed by atoms with E-state index in [1.807, 2.05) is 0 Å². The van der Waals surface area contributed by atoms with Gasteiger partial charge < -0.3 is 19.7 Å². The molecule has 2 heterocycles. The number of fused-ring (bicyclic) bond motifs is 1. The Morgan fingerprint density at radius 3 is 2.92 bits per heavy atom. The van der Waals surface area contributed by atoms with E-state index in [1.165, 1.54) is 0 Å². The summed E-state index contributed by atoms with van der Waals surface area (Å²) < 4.78 is 9.98. The third-order valence-corrected chi connectivity index (χ3v) is 2.25. The first kappa shape index (κ1) is 7.97. The molecule has 0 aliphatic carbocycles. The topological polar surface area (TPSA) is 76.0 Å². The van der Waals surface area contributed by atoms with E-state index < -0.39 is 18.3 Å². The van der Waals surface area contributed by atoms with E-state index in [-0.39, 0.29) is 25.1 Å². The lowest BCUT2D eigenvalue weighted by Gasteiger charge is -2.13. The number of esters is 1. The van der Waals surface area contributed by atoms with Gasteiger partial charge in [0, 0.05) is 0 Å². The Hall–Kier alpha value is -0.650. The molecule has 2 rings (SSSR count). The summed E-state index contributed by atoms with van der Waals surface area (Å²) in [7, 11) is 0. The van der Waals surface area contributed by atoms with Crippen LogP contribution in [0.2, 0.25) is 0 Å². The van der Waals surface area contributed by atoms with Gasteiger partial charge in [-0.2, -0.15) is 0 Å². The summed E-state index contributed by atoms with van der Waals surface area (Å²) in [6.45, 7) is -0.244. The Morgan fingerprint density at radius 2 is 2.33 bits per heavy atom. The van der Waals surface area contributed by atoms with Crippen LogP contribution in [0.3, 0.4) is 0 Å². The zero-order chi connectivity index (χ0) is 8.72. The molecular formula is C7H10O5. The van der Waals surface area contributed by atoms with E-state index in [1.54, 1.807) is 0 Å². The van der Waals surface area contributed by atoms with Crippen LogP contribution in [0.15, 0.2) is 0 Å². The van der Waals surface area contributed by atoms with E-state index in [2.05, 4.69) is 0 Å². The number of aliphatic hydroxyl groups is 2. The van der Waals surface area contributed by atoms with E-state index >= 15 is 0 Å². The van der Waals surface area contributed by atoms with E-state index in [0.29, 0.717) is 0 Å². The van der Waals surface area contributed by atoms with Crippen LogP contribution in [0.25, 0.3) is 0 Å². The van der Waals surface area contributed by atoms with Gasteiger partial charge in [0.2, 0.25) is 0 Å². The highest BCUT2D eigenvalue weighted by Gasteiger charge is 2.50. The molecule has 2 aliphatic heterocycles. The smallest absolute Gasteiger partial charge is 0.309 e. The van der Waals surface area contributed by atoms with Crippen molar-refractivity contribution in [3.05, 3.63) is 0 Å².